The lowest BCUT2D eigenvalue weighted by Crippen LogP contribution is -2.30. The second-order valence-corrected chi connectivity index (χ2v) is 19.9. The van der Waals surface area contributed by atoms with E-state index >= 15 is 0 Å². The zero-order chi connectivity index (χ0) is 51.4. The number of esters is 3. The van der Waals surface area contributed by atoms with Crippen LogP contribution in [-0.2, 0) is 28.6 Å². The summed E-state index contributed by atoms with van der Waals surface area (Å²) in [5.74, 6) is -0.889. The van der Waals surface area contributed by atoms with Crippen molar-refractivity contribution < 1.29 is 28.6 Å². The normalized spacial score (nSPS) is 12.7. The summed E-state index contributed by atoms with van der Waals surface area (Å²) in [6.07, 6.45) is 77.7. The van der Waals surface area contributed by atoms with Gasteiger partial charge in [0, 0.05) is 19.3 Å². The highest BCUT2D eigenvalue weighted by molar-refractivity contribution is 5.71. The number of hydrogen-bond acceptors (Lipinski definition) is 6. The summed E-state index contributed by atoms with van der Waals surface area (Å²) < 4.78 is 16.7. The molecule has 0 rings (SSSR count). The van der Waals surface area contributed by atoms with Crippen molar-refractivity contribution in [3.63, 3.8) is 0 Å². The summed E-state index contributed by atoms with van der Waals surface area (Å²) in [5, 5.41) is 0. The third kappa shape index (κ3) is 57.4. The predicted octanol–water partition coefficient (Wildman–Crippen LogP) is 20.3. The molecule has 0 aliphatic carbocycles. The van der Waals surface area contributed by atoms with Crippen LogP contribution in [0.2, 0.25) is 0 Å². The van der Waals surface area contributed by atoms with Crippen LogP contribution < -0.4 is 0 Å². The minimum Gasteiger partial charge on any atom is -0.462 e. The van der Waals surface area contributed by atoms with Gasteiger partial charge in [0.05, 0.1) is 0 Å². The molecule has 408 valence electrons. The van der Waals surface area contributed by atoms with Gasteiger partial charge in [-0.05, 0) is 96.3 Å². The molecule has 0 saturated carbocycles. The van der Waals surface area contributed by atoms with Crippen LogP contribution in [-0.4, -0.2) is 37.2 Å². The van der Waals surface area contributed by atoms with Crippen LogP contribution in [0.5, 0.6) is 0 Å². The lowest BCUT2D eigenvalue weighted by atomic mass is 10.0. The molecule has 0 aromatic carbocycles. The van der Waals surface area contributed by atoms with E-state index in [4.69, 9.17) is 14.2 Å². The molecule has 1 atom stereocenters. The van der Waals surface area contributed by atoms with E-state index in [0.29, 0.717) is 19.3 Å². The summed E-state index contributed by atoms with van der Waals surface area (Å²) >= 11 is 0. The van der Waals surface area contributed by atoms with Gasteiger partial charge < -0.3 is 14.2 Å². The van der Waals surface area contributed by atoms with Gasteiger partial charge in [0.2, 0.25) is 0 Å². The first kappa shape index (κ1) is 67.6. The van der Waals surface area contributed by atoms with Gasteiger partial charge in [-0.15, -0.1) is 0 Å². The van der Waals surface area contributed by atoms with Gasteiger partial charge >= 0.3 is 17.9 Å². The first-order chi connectivity index (χ1) is 35.0. The molecule has 0 aromatic heterocycles. The average Bonchev–Trinajstić information content (AvgIpc) is 3.37. The van der Waals surface area contributed by atoms with Crippen molar-refractivity contribution in [2.75, 3.05) is 13.2 Å². The van der Waals surface area contributed by atoms with Crippen LogP contribution in [0.3, 0.4) is 0 Å². The Kier molecular flexibility index (Phi) is 56.3. The lowest BCUT2D eigenvalue weighted by molar-refractivity contribution is -0.167. The van der Waals surface area contributed by atoms with Crippen molar-refractivity contribution in [1.29, 1.82) is 0 Å². The number of ether oxygens (including phenoxy) is 3. The van der Waals surface area contributed by atoms with E-state index in [1.54, 1.807) is 0 Å². The third-order valence-electron chi connectivity index (χ3n) is 12.9. The van der Waals surface area contributed by atoms with Crippen molar-refractivity contribution in [2.45, 2.75) is 297 Å². The quantitative estimate of drug-likeness (QED) is 0.0261. The van der Waals surface area contributed by atoms with Crippen molar-refractivity contribution in [1.82, 2.24) is 0 Å². The van der Waals surface area contributed by atoms with Gasteiger partial charge in [0.15, 0.2) is 6.10 Å². The Labute approximate surface area is 439 Å². The predicted molar refractivity (Wildman–Crippen MR) is 307 cm³/mol. The van der Waals surface area contributed by atoms with E-state index in [-0.39, 0.29) is 31.1 Å². The Hall–Kier alpha value is -3.41. The zero-order valence-electron chi connectivity index (χ0n) is 46.7. The molecule has 0 radical (unpaired) electrons. The Balaban J connectivity index is 4.04. The van der Waals surface area contributed by atoms with Crippen LogP contribution in [0.25, 0.3) is 0 Å². The molecule has 0 heterocycles. The zero-order valence-corrected chi connectivity index (χ0v) is 46.7. The van der Waals surface area contributed by atoms with Crippen LogP contribution >= 0.6 is 0 Å². The number of carbonyl (C=O) groups is 3. The Morgan fingerprint density at radius 3 is 0.887 bits per heavy atom. The van der Waals surface area contributed by atoms with Crippen LogP contribution in [0, 0.1) is 0 Å². The van der Waals surface area contributed by atoms with Crippen molar-refractivity contribution in [2.24, 2.45) is 0 Å². The van der Waals surface area contributed by atoms with Crippen molar-refractivity contribution in [3.8, 4) is 0 Å². The fraction of sp³-hybridized carbons (Fsp3) is 0.738. The van der Waals surface area contributed by atoms with Gasteiger partial charge in [-0.3, -0.25) is 14.4 Å². The average molecular weight is 990 g/mol. The molecule has 0 N–H and O–H groups in total. The second-order valence-electron chi connectivity index (χ2n) is 19.9. The van der Waals surface area contributed by atoms with Gasteiger partial charge in [0.1, 0.15) is 13.2 Å². The smallest absolute Gasteiger partial charge is 0.306 e. The van der Waals surface area contributed by atoms with E-state index in [0.717, 1.165) is 103 Å². The molecule has 0 fully saturated rings. The Morgan fingerprint density at radius 1 is 0.296 bits per heavy atom. The first-order valence-electron chi connectivity index (χ1n) is 30.1. The summed E-state index contributed by atoms with van der Waals surface area (Å²) in [6.45, 7) is 6.43. The van der Waals surface area contributed by atoms with Crippen LogP contribution in [0.15, 0.2) is 85.1 Å². The molecule has 71 heavy (non-hydrogen) atoms. The lowest BCUT2D eigenvalue weighted by Gasteiger charge is -2.18. The van der Waals surface area contributed by atoms with E-state index < -0.39 is 6.10 Å². The maximum atomic E-state index is 12.8. The van der Waals surface area contributed by atoms with E-state index in [1.165, 1.54) is 148 Å². The third-order valence-corrected chi connectivity index (χ3v) is 12.9. The maximum absolute atomic E-state index is 12.8. The molecule has 0 aliphatic rings. The maximum Gasteiger partial charge on any atom is 0.306 e. The highest BCUT2D eigenvalue weighted by atomic mass is 16.6. The SMILES string of the molecule is CC/C=C\C/C=C\C/C=C\C/C=C\C/C=C\CCCCCCCCCCCCCCCC(=O)OCC(COC(=O)CCCCCCC)OC(=O)CCCCCCCCCCC/C=C\C/C=C\CCCCC. The van der Waals surface area contributed by atoms with Crippen molar-refractivity contribution >= 4 is 17.9 Å². The summed E-state index contributed by atoms with van der Waals surface area (Å²) in [7, 11) is 0. The highest BCUT2D eigenvalue weighted by Crippen LogP contribution is 2.16. The summed E-state index contributed by atoms with van der Waals surface area (Å²) in [4.78, 5) is 37.8. The molecule has 0 saturated heterocycles. The number of hydrogen-bond donors (Lipinski definition) is 0. The molecule has 0 amide bonds. The van der Waals surface area contributed by atoms with E-state index in [1.807, 2.05) is 0 Å². The summed E-state index contributed by atoms with van der Waals surface area (Å²) in [6, 6.07) is 0. The molecule has 1 unspecified atom stereocenters. The monoisotopic (exact) mass is 989 g/mol. The fourth-order valence-electron chi connectivity index (χ4n) is 8.38. The number of unbranched alkanes of at least 4 members (excludes halogenated alkanes) is 29. The summed E-state index contributed by atoms with van der Waals surface area (Å²) in [5.41, 5.74) is 0. The molecule has 0 aromatic rings. The molecule has 0 spiro atoms. The first-order valence-corrected chi connectivity index (χ1v) is 30.1. The highest BCUT2D eigenvalue weighted by Gasteiger charge is 2.19. The largest absolute Gasteiger partial charge is 0.462 e. The van der Waals surface area contributed by atoms with E-state index in [2.05, 4.69) is 106 Å². The topological polar surface area (TPSA) is 78.9 Å². The molecule has 6 heteroatoms. The molecular formula is C65H112O6. The van der Waals surface area contributed by atoms with Gasteiger partial charge in [0.25, 0.3) is 0 Å². The molecule has 6 nitrogen and oxygen atoms in total. The minimum atomic E-state index is -0.775. The molecular weight excluding hydrogens is 877 g/mol. The second kappa shape index (κ2) is 59.2. The van der Waals surface area contributed by atoms with Crippen LogP contribution in [0.4, 0.5) is 0 Å². The number of carbonyl (C=O) groups excluding carboxylic acids is 3. The van der Waals surface area contributed by atoms with Crippen LogP contribution in [0.1, 0.15) is 290 Å². The van der Waals surface area contributed by atoms with Crippen molar-refractivity contribution in [3.05, 3.63) is 85.1 Å². The number of rotatable bonds is 54. The Morgan fingerprint density at radius 2 is 0.549 bits per heavy atom. The molecule has 0 aliphatic heterocycles. The van der Waals surface area contributed by atoms with Gasteiger partial charge in [-0.2, -0.15) is 0 Å². The van der Waals surface area contributed by atoms with Gasteiger partial charge in [-0.25, -0.2) is 0 Å². The molecule has 0 bridgehead atoms. The van der Waals surface area contributed by atoms with Gasteiger partial charge in [-0.1, -0.05) is 260 Å². The standard InChI is InChI=1S/C65H112O6/c1-4-7-10-13-15-17-19-21-23-25-27-28-29-30-31-32-33-34-35-36-38-39-41-43-45-47-49-52-55-58-64(67)70-61-62(60-69-63(66)57-54-51-12-9-6-3)71-65(68)59-56-53-50-48-46-44-42-40-37-26-24-22-20-18-16-14-11-8-5-2/h7,10,15-18,21-24,27-28,30-31,62H,4-6,8-9,11-14,19-20,25-26,29,32-61H2,1-3H3/b10-7-,17-15-,18-16-,23-21-,24-22-,28-27-,31-30-. The number of allylic oxidation sites excluding steroid dienone is 14. The fourth-order valence-corrected chi connectivity index (χ4v) is 8.38. The van der Waals surface area contributed by atoms with E-state index in [9.17, 15) is 14.4 Å². The minimum absolute atomic E-state index is 0.0771. The Bertz CT molecular complexity index is 1370.